The van der Waals surface area contributed by atoms with Crippen molar-refractivity contribution in [3.8, 4) is 5.75 Å². The van der Waals surface area contributed by atoms with Crippen LogP contribution in [0, 0.1) is 0 Å². The molecule has 0 radical (unpaired) electrons. The van der Waals surface area contributed by atoms with Crippen LogP contribution in [0.1, 0.15) is 129 Å². The third-order valence-electron chi connectivity index (χ3n) is 6.70. The molecule has 1 aromatic carbocycles. The molecule has 0 aliphatic heterocycles. The number of carbonyl (C=O) groups excluding carboxylic acids is 1. The SMILES string of the molecule is CCCCCCCCCCCCCCCCOC(=O)CCc1ccc(OCCCN(O)C(C)C)cc1. The Morgan fingerprint density at radius 1 is 0.778 bits per heavy atom. The van der Waals surface area contributed by atoms with Crippen molar-refractivity contribution in [2.75, 3.05) is 19.8 Å². The maximum Gasteiger partial charge on any atom is 0.306 e. The highest BCUT2D eigenvalue weighted by molar-refractivity contribution is 5.69. The van der Waals surface area contributed by atoms with Crippen molar-refractivity contribution in [3.05, 3.63) is 29.8 Å². The Labute approximate surface area is 221 Å². The predicted octanol–water partition coefficient (Wildman–Crippen LogP) is 8.51. The van der Waals surface area contributed by atoms with E-state index in [9.17, 15) is 10.0 Å². The number of ether oxygens (including phenoxy) is 2. The van der Waals surface area contributed by atoms with Gasteiger partial charge in [-0.1, -0.05) is 103 Å². The van der Waals surface area contributed by atoms with Crippen LogP contribution in [0.4, 0.5) is 0 Å². The van der Waals surface area contributed by atoms with E-state index in [4.69, 9.17) is 9.47 Å². The highest BCUT2D eigenvalue weighted by atomic mass is 16.5. The minimum absolute atomic E-state index is 0.108. The van der Waals surface area contributed by atoms with Gasteiger partial charge in [0.25, 0.3) is 0 Å². The second kappa shape index (κ2) is 22.6. The van der Waals surface area contributed by atoms with Crippen molar-refractivity contribution in [1.29, 1.82) is 0 Å². The molecule has 0 amide bonds. The smallest absolute Gasteiger partial charge is 0.306 e. The Morgan fingerprint density at radius 3 is 1.83 bits per heavy atom. The first-order valence-corrected chi connectivity index (χ1v) is 14.9. The molecule has 1 rings (SSSR count). The second-order valence-corrected chi connectivity index (χ2v) is 10.4. The number of aryl methyl sites for hydroxylation is 1. The topological polar surface area (TPSA) is 59.0 Å². The quantitative estimate of drug-likeness (QED) is 0.0866. The van der Waals surface area contributed by atoms with E-state index in [1.54, 1.807) is 0 Å². The van der Waals surface area contributed by atoms with Gasteiger partial charge >= 0.3 is 5.97 Å². The fourth-order valence-electron chi connectivity index (χ4n) is 4.23. The van der Waals surface area contributed by atoms with Gasteiger partial charge in [0, 0.05) is 19.0 Å². The van der Waals surface area contributed by atoms with Crippen LogP contribution >= 0.6 is 0 Å². The monoisotopic (exact) mass is 505 g/mol. The zero-order valence-electron chi connectivity index (χ0n) is 23.6. The van der Waals surface area contributed by atoms with E-state index < -0.39 is 0 Å². The van der Waals surface area contributed by atoms with Crippen LogP contribution in [0.5, 0.6) is 5.75 Å². The molecule has 5 nitrogen and oxygen atoms in total. The van der Waals surface area contributed by atoms with Crippen molar-refractivity contribution >= 4 is 5.97 Å². The molecule has 0 saturated carbocycles. The van der Waals surface area contributed by atoms with Crippen molar-refractivity contribution in [2.45, 2.75) is 136 Å². The van der Waals surface area contributed by atoms with Crippen molar-refractivity contribution in [3.63, 3.8) is 0 Å². The summed E-state index contributed by atoms with van der Waals surface area (Å²) in [7, 11) is 0. The summed E-state index contributed by atoms with van der Waals surface area (Å²) in [5.74, 6) is 0.705. The maximum atomic E-state index is 12.0. The summed E-state index contributed by atoms with van der Waals surface area (Å²) in [4.78, 5) is 12.0. The lowest BCUT2D eigenvalue weighted by Gasteiger charge is -2.18. The Hall–Kier alpha value is -1.59. The van der Waals surface area contributed by atoms with Gasteiger partial charge in [0.1, 0.15) is 5.75 Å². The van der Waals surface area contributed by atoms with Gasteiger partial charge in [-0.05, 0) is 50.8 Å². The van der Waals surface area contributed by atoms with E-state index in [0.29, 0.717) is 32.6 Å². The molecule has 0 unspecified atom stereocenters. The van der Waals surface area contributed by atoms with Gasteiger partial charge in [-0.25, -0.2) is 0 Å². The Kier molecular flexibility index (Phi) is 20.4. The molecule has 1 aromatic rings. The molecule has 36 heavy (non-hydrogen) atoms. The van der Waals surface area contributed by atoms with Gasteiger partial charge < -0.3 is 14.7 Å². The number of esters is 1. The third-order valence-corrected chi connectivity index (χ3v) is 6.70. The molecule has 0 fully saturated rings. The molecule has 208 valence electrons. The molecule has 0 aromatic heterocycles. The summed E-state index contributed by atoms with van der Waals surface area (Å²) in [5.41, 5.74) is 1.11. The number of hydrogen-bond acceptors (Lipinski definition) is 5. The molecule has 0 aliphatic rings. The van der Waals surface area contributed by atoms with E-state index in [0.717, 1.165) is 30.6 Å². The first-order chi connectivity index (χ1) is 17.5. The lowest BCUT2D eigenvalue weighted by atomic mass is 10.0. The van der Waals surface area contributed by atoms with E-state index in [-0.39, 0.29) is 12.0 Å². The van der Waals surface area contributed by atoms with Crippen LogP contribution in [0.2, 0.25) is 0 Å². The normalized spacial score (nSPS) is 11.4. The maximum absolute atomic E-state index is 12.0. The van der Waals surface area contributed by atoms with Gasteiger partial charge in [-0.3, -0.25) is 4.79 Å². The van der Waals surface area contributed by atoms with E-state index in [1.807, 2.05) is 38.1 Å². The molecule has 5 heteroatoms. The van der Waals surface area contributed by atoms with Gasteiger partial charge in [0.05, 0.1) is 13.2 Å². The molecular weight excluding hydrogens is 450 g/mol. The fourth-order valence-corrected chi connectivity index (χ4v) is 4.23. The fraction of sp³-hybridized carbons (Fsp3) is 0.774. The average molecular weight is 506 g/mol. The van der Waals surface area contributed by atoms with Crippen molar-refractivity contribution in [1.82, 2.24) is 5.06 Å². The highest BCUT2D eigenvalue weighted by Crippen LogP contribution is 2.15. The number of carbonyl (C=O) groups is 1. The standard InChI is InChI=1S/C31H55NO4/c1-4-5-6-7-8-9-10-11-12-13-14-15-16-17-26-36-31(33)24-21-29-19-22-30(23-20-29)35-27-18-25-32(34)28(2)3/h19-20,22-23,28,34H,4-18,21,24-27H2,1-3H3. The molecule has 1 N–H and O–H groups in total. The van der Waals surface area contributed by atoms with Gasteiger partial charge in [0.2, 0.25) is 0 Å². The lowest BCUT2D eigenvalue weighted by Crippen LogP contribution is -2.28. The van der Waals surface area contributed by atoms with E-state index in [1.165, 1.54) is 82.1 Å². The number of benzene rings is 1. The van der Waals surface area contributed by atoms with Crippen molar-refractivity contribution in [2.24, 2.45) is 0 Å². The summed E-state index contributed by atoms with van der Waals surface area (Å²) < 4.78 is 11.1. The average Bonchev–Trinajstić information content (AvgIpc) is 2.88. The predicted molar refractivity (Wildman–Crippen MR) is 150 cm³/mol. The number of hydrogen-bond donors (Lipinski definition) is 1. The number of unbranched alkanes of at least 4 members (excludes halogenated alkanes) is 13. The number of rotatable bonds is 24. The van der Waals surface area contributed by atoms with E-state index in [2.05, 4.69) is 6.92 Å². The summed E-state index contributed by atoms with van der Waals surface area (Å²) >= 11 is 0. The lowest BCUT2D eigenvalue weighted by molar-refractivity contribution is -0.143. The van der Waals surface area contributed by atoms with Crippen LogP contribution < -0.4 is 4.74 Å². The molecule has 0 saturated heterocycles. The molecule has 0 aliphatic carbocycles. The summed E-state index contributed by atoms with van der Waals surface area (Å²) in [5, 5.41) is 11.0. The first-order valence-electron chi connectivity index (χ1n) is 14.9. The minimum Gasteiger partial charge on any atom is -0.494 e. The third kappa shape index (κ3) is 18.6. The Bertz CT molecular complexity index is 632. The molecule has 0 atom stereocenters. The van der Waals surface area contributed by atoms with Crippen LogP contribution in [0.3, 0.4) is 0 Å². The molecule has 0 bridgehead atoms. The Morgan fingerprint density at radius 2 is 1.31 bits per heavy atom. The van der Waals surface area contributed by atoms with Gasteiger partial charge in [-0.2, -0.15) is 5.06 Å². The van der Waals surface area contributed by atoms with E-state index >= 15 is 0 Å². The molecule has 0 spiro atoms. The van der Waals surface area contributed by atoms with Gasteiger partial charge in [-0.15, -0.1) is 0 Å². The summed E-state index contributed by atoms with van der Waals surface area (Å²) in [6, 6.07) is 8.00. The van der Waals surface area contributed by atoms with Gasteiger partial charge in [0.15, 0.2) is 0 Å². The van der Waals surface area contributed by atoms with Crippen LogP contribution in [0.15, 0.2) is 24.3 Å². The zero-order chi connectivity index (χ0) is 26.3. The largest absolute Gasteiger partial charge is 0.494 e. The Balaban J connectivity index is 1.93. The van der Waals surface area contributed by atoms with Crippen LogP contribution in [0.25, 0.3) is 0 Å². The van der Waals surface area contributed by atoms with Crippen molar-refractivity contribution < 1.29 is 19.5 Å². The number of nitrogens with zero attached hydrogens (tertiary/aromatic N) is 1. The van der Waals surface area contributed by atoms with Crippen LogP contribution in [-0.2, 0) is 16.0 Å². The summed E-state index contributed by atoms with van der Waals surface area (Å²) in [6.07, 6.45) is 20.5. The zero-order valence-corrected chi connectivity index (χ0v) is 23.6. The highest BCUT2D eigenvalue weighted by Gasteiger charge is 2.06. The second-order valence-electron chi connectivity index (χ2n) is 10.4. The minimum atomic E-state index is -0.108. The van der Waals surface area contributed by atoms with Crippen LogP contribution in [-0.4, -0.2) is 42.0 Å². The summed E-state index contributed by atoms with van der Waals surface area (Å²) in [6.45, 7) is 7.89. The molecular formula is C31H55NO4. The first kappa shape index (κ1) is 32.4. The number of hydroxylamine groups is 2. The molecule has 0 heterocycles.